The molecule has 1 aliphatic heterocycles. The van der Waals surface area contributed by atoms with E-state index in [1.807, 2.05) is 0 Å². The van der Waals surface area contributed by atoms with Crippen molar-refractivity contribution in [1.29, 1.82) is 0 Å². The molecule has 4 heteroatoms. The van der Waals surface area contributed by atoms with Crippen LogP contribution in [0.5, 0.6) is 0 Å². The number of fused-ring (bicyclic) bond motifs is 5. The molecule has 1 aromatic heterocycles. The Morgan fingerprint density at radius 3 is 1.68 bits per heavy atom. The van der Waals surface area contributed by atoms with Crippen molar-refractivity contribution in [1.82, 2.24) is 4.57 Å². The molecule has 2 nitrogen and oxygen atoms in total. The lowest BCUT2D eigenvalue weighted by Gasteiger charge is -2.41. The van der Waals surface area contributed by atoms with E-state index >= 15 is 0 Å². The molecular formula is C36H25BrN2Si. The van der Waals surface area contributed by atoms with E-state index in [-0.39, 0.29) is 0 Å². The number of nitrogens with zero attached hydrogens (tertiary/aromatic N) is 1. The highest BCUT2D eigenvalue weighted by molar-refractivity contribution is 9.10. The Bertz CT molecular complexity index is 1950. The summed E-state index contributed by atoms with van der Waals surface area (Å²) >= 11 is 4.04. The third-order valence-corrected chi connectivity index (χ3v) is 13.8. The number of benzene rings is 6. The zero-order valence-corrected chi connectivity index (χ0v) is 24.3. The predicted molar refractivity (Wildman–Crippen MR) is 175 cm³/mol. The maximum atomic E-state index is 4.04. The van der Waals surface area contributed by atoms with E-state index in [1.165, 1.54) is 48.2 Å². The maximum absolute atomic E-state index is 4.04. The van der Waals surface area contributed by atoms with E-state index < -0.39 is 8.07 Å². The molecule has 1 N–H and O–H groups in total. The zero-order valence-electron chi connectivity index (χ0n) is 21.7. The van der Waals surface area contributed by atoms with E-state index in [0.29, 0.717) is 0 Å². The number of nitrogens with one attached hydrogen (secondary N) is 1. The Kier molecular flexibility index (Phi) is 5.34. The van der Waals surface area contributed by atoms with E-state index in [0.717, 1.165) is 15.8 Å². The fourth-order valence-electron chi connectivity index (χ4n) is 6.71. The van der Waals surface area contributed by atoms with Crippen LogP contribution in [0.1, 0.15) is 0 Å². The largest absolute Gasteiger partial charge is 0.355 e. The molecule has 6 aromatic carbocycles. The summed E-state index contributed by atoms with van der Waals surface area (Å²) in [4.78, 5) is 0. The second-order valence-corrected chi connectivity index (χ2v) is 15.0. The van der Waals surface area contributed by atoms with E-state index in [1.54, 1.807) is 0 Å². The van der Waals surface area contributed by atoms with Gasteiger partial charge in [0.15, 0.2) is 8.07 Å². The summed E-state index contributed by atoms with van der Waals surface area (Å²) in [5.41, 5.74) is 5.92. The molecule has 190 valence electrons. The van der Waals surface area contributed by atoms with Crippen molar-refractivity contribution >= 4 is 77.9 Å². The van der Waals surface area contributed by atoms with Gasteiger partial charge in [-0.05, 0) is 67.0 Å². The van der Waals surface area contributed by atoms with E-state index in [4.69, 9.17) is 0 Å². The van der Waals surface area contributed by atoms with Crippen molar-refractivity contribution in [3.8, 4) is 5.69 Å². The summed E-state index contributed by atoms with van der Waals surface area (Å²) in [6.45, 7) is 0. The topological polar surface area (TPSA) is 17.0 Å². The normalized spacial score (nSPS) is 13.5. The smallest absolute Gasteiger partial charge is 0.184 e. The van der Waals surface area contributed by atoms with Gasteiger partial charge in [0, 0.05) is 26.6 Å². The number of para-hydroxylation sites is 3. The summed E-state index contributed by atoms with van der Waals surface area (Å²) < 4.78 is 3.49. The Hall–Kier alpha value is -4.38. The van der Waals surface area contributed by atoms with Crippen LogP contribution in [-0.2, 0) is 0 Å². The molecule has 2 heterocycles. The average molecular weight is 594 g/mol. The summed E-state index contributed by atoms with van der Waals surface area (Å²) in [7, 11) is -2.69. The Morgan fingerprint density at radius 1 is 0.525 bits per heavy atom. The van der Waals surface area contributed by atoms with Gasteiger partial charge in [0.25, 0.3) is 0 Å². The molecule has 40 heavy (non-hydrogen) atoms. The number of hydrogen-bond donors (Lipinski definition) is 1. The minimum atomic E-state index is -2.69. The van der Waals surface area contributed by atoms with Gasteiger partial charge in [-0.25, -0.2) is 0 Å². The average Bonchev–Trinajstić information content (AvgIpc) is 3.35. The maximum Gasteiger partial charge on any atom is 0.184 e. The number of hydrogen-bond acceptors (Lipinski definition) is 1. The quantitative estimate of drug-likeness (QED) is 0.219. The molecule has 0 saturated carbocycles. The van der Waals surface area contributed by atoms with Crippen LogP contribution in [0.3, 0.4) is 0 Å². The first kappa shape index (κ1) is 23.5. The standard InChI is InChI=1S/C36H25BrN2Si/c37-30-23-25(39-32-20-10-7-17-28(32)29-18-8-11-21-33(29)39)24-35-36(30)38-31-19-9-12-22-34(31)40(35,26-13-3-1-4-14-26)27-15-5-2-6-16-27/h1-24,38H. The highest BCUT2D eigenvalue weighted by atomic mass is 79.9. The number of aromatic nitrogens is 1. The third kappa shape index (κ3) is 3.27. The first-order valence-corrected chi connectivity index (χ1v) is 16.4. The highest BCUT2D eigenvalue weighted by Crippen LogP contribution is 2.36. The second kappa shape index (κ2) is 9.09. The van der Waals surface area contributed by atoms with Gasteiger partial charge in [0.2, 0.25) is 0 Å². The van der Waals surface area contributed by atoms with Gasteiger partial charge in [-0.3, -0.25) is 0 Å². The van der Waals surface area contributed by atoms with Crippen LogP contribution in [0.25, 0.3) is 27.5 Å². The van der Waals surface area contributed by atoms with Crippen LogP contribution in [-0.4, -0.2) is 12.6 Å². The lowest BCUT2D eigenvalue weighted by molar-refractivity contribution is 1.18. The molecule has 0 unspecified atom stereocenters. The summed E-state index contributed by atoms with van der Waals surface area (Å²) in [5.74, 6) is 0. The van der Waals surface area contributed by atoms with Crippen LogP contribution in [0.15, 0.2) is 150 Å². The molecule has 1 aliphatic rings. The predicted octanol–water partition coefficient (Wildman–Crippen LogP) is 6.98. The number of anilines is 2. The van der Waals surface area contributed by atoms with Crippen LogP contribution in [0.2, 0.25) is 0 Å². The molecule has 0 aliphatic carbocycles. The Labute approximate surface area is 242 Å². The van der Waals surface area contributed by atoms with Gasteiger partial charge in [-0.2, -0.15) is 0 Å². The molecule has 0 spiro atoms. The van der Waals surface area contributed by atoms with Crippen LogP contribution in [0, 0.1) is 0 Å². The van der Waals surface area contributed by atoms with Gasteiger partial charge in [0.1, 0.15) is 0 Å². The molecular weight excluding hydrogens is 568 g/mol. The van der Waals surface area contributed by atoms with Gasteiger partial charge in [0.05, 0.1) is 16.7 Å². The SMILES string of the molecule is Brc1cc(-n2c3ccccc3c3ccccc32)cc2c1Nc1ccccc1[Si]2(c1ccccc1)c1ccccc1. The molecule has 7 aromatic rings. The van der Waals surface area contributed by atoms with E-state index in [2.05, 4.69) is 171 Å². The fourth-order valence-corrected chi connectivity index (χ4v) is 12.5. The third-order valence-electron chi connectivity index (χ3n) is 8.32. The molecule has 8 rings (SSSR count). The van der Waals surface area contributed by atoms with Crippen molar-refractivity contribution in [2.24, 2.45) is 0 Å². The van der Waals surface area contributed by atoms with Crippen molar-refractivity contribution in [2.45, 2.75) is 0 Å². The van der Waals surface area contributed by atoms with Gasteiger partial charge >= 0.3 is 0 Å². The Balaban J connectivity index is 1.53. The Morgan fingerprint density at radius 2 is 1.05 bits per heavy atom. The van der Waals surface area contributed by atoms with Gasteiger partial charge < -0.3 is 9.88 Å². The molecule has 0 saturated heterocycles. The number of halogens is 1. The van der Waals surface area contributed by atoms with Crippen molar-refractivity contribution in [2.75, 3.05) is 5.32 Å². The lowest BCUT2D eigenvalue weighted by atomic mass is 10.2. The molecule has 0 amide bonds. The first-order chi connectivity index (χ1) is 19.8. The van der Waals surface area contributed by atoms with Crippen LogP contribution >= 0.6 is 15.9 Å². The molecule has 0 bridgehead atoms. The lowest BCUT2D eigenvalue weighted by Crippen LogP contribution is -2.76. The van der Waals surface area contributed by atoms with Crippen LogP contribution in [0.4, 0.5) is 11.4 Å². The molecule has 0 fully saturated rings. The second-order valence-electron chi connectivity index (χ2n) is 10.4. The molecule has 0 radical (unpaired) electrons. The molecule has 0 atom stereocenters. The van der Waals surface area contributed by atoms with Crippen molar-refractivity contribution in [3.63, 3.8) is 0 Å². The highest BCUT2D eigenvalue weighted by Gasteiger charge is 2.47. The van der Waals surface area contributed by atoms with E-state index in [9.17, 15) is 0 Å². The minimum Gasteiger partial charge on any atom is -0.355 e. The summed E-state index contributed by atoms with van der Waals surface area (Å²) in [5, 5.41) is 11.9. The first-order valence-electron chi connectivity index (χ1n) is 13.6. The van der Waals surface area contributed by atoms with Crippen LogP contribution < -0.4 is 26.1 Å². The zero-order chi connectivity index (χ0) is 26.7. The minimum absolute atomic E-state index is 1.07. The van der Waals surface area contributed by atoms with Gasteiger partial charge in [-0.15, -0.1) is 0 Å². The van der Waals surface area contributed by atoms with Crippen molar-refractivity contribution < 1.29 is 0 Å². The van der Waals surface area contributed by atoms with Gasteiger partial charge in [-0.1, -0.05) is 115 Å². The monoisotopic (exact) mass is 592 g/mol. The van der Waals surface area contributed by atoms with Crippen molar-refractivity contribution in [3.05, 3.63) is 150 Å². The fraction of sp³-hybridized carbons (Fsp3) is 0. The number of rotatable bonds is 3. The summed E-state index contributed by atoms with van der Waals surface area (Å²) in [6, 6.07) is 53.3. The summed E-state index contributed by atoms with van der Waals surface area (Å²) in [6.07, 6.45) is 0.